The van der Waals surface area contributed by atoms with Gasteiger partial charge in [0.25, 0.3) is 0 Å². The molecule has 0 atom stereocenters. The van der Waals surface area contributed by atoms with Crippen molar-refractivity contribution in [1.82, 2.24) is 10.2 Å². The van der Waals surface area contributed by atoms with Crippen LogP contribution in [0.2, 0.25) is 0 Å². The van der Waals surface area contributed by atoms with Gasteiger partial charge in [-0.2, -0.15) is 0 Å². The van der Waals surface area contributed by atoms with Crippen LogP contribution in [0.5, 0.6) is 0 Å². The standard InChI is InChI=1S/C18H30N2O/c1-14-16(10-18(21-14)11-19-17-8-9-17)13-20(2)12-15-6-4-3-5-7-15/h10,15,17,19H,3-9,11-13H2,1-2H3. The van der Waals surface area contributed by atoms with E-state index in [1.54, 1.807) is 0 Å². The first kappa shape index (κ1) is 15.1. The second-order valence-corrected chi connectivity index (χ2v) is 7.15. The molecule has 2 fully saturated rings. The van der Waals surface area contributed by atoms with Crippen molar-refractivity contribution in [2.45, 2.75) is 71.0 Å². The molecule has 1 aromatic heterocycles. The van der Waals surface area contributed by atoms with Crippen molar-refractivity contribution in [3.05, 3.63) is 23.2 Å². The molecular weight excluding hydrogens is 260 g/mol. The SMILES string of the molecule is Cc1oc(CNC2CC2)cc1CN(C)CC1CCCCC1. The summed E-state index contributed by atoms with van der Waals surface area (Å²) >= 11 is 0. The van der Waals surface area contributed by atoms with Crippen molar-refractivity contribution in [2.75, 3.05) is 13.6 Å². The fourth-order valence-electron chi connectivity index (χ4n) is 3.53. The Hall–Kier alpha value is -0.800. The summed E-state index contributed by atoms with van der Waals surface area (Å²) in [7, 11) is 2.25. The molecule has 0 radical (unpaired) electrons. The predicted octanol–water partition coefficient (Wildman–Crippen LogP) is 3.85. The molecule has 0 saturated heterocycles. The van der Waals surface area contributed by atoms with Crippen LogP contribution >= 0.6 is 0 Å². The van der Waals surface area contributed by atoms with Crippen LogP contribution in [0.4, 0.5) is 0 Å². The normalized spacial score (nSPS) is 20.3. The lowest BCUT2D eigenvalue weighted by atomic mass is 9.89. The zero-order valence-corrected chi connectivity index (χ0v) is 13.7. The van der Waals surface area contributed by atoms with Gasteiger partial charge >= 0.3 is 0 Å². The molecular formula is C18H30N2O. The van der Waals surface area contributed by atoms with E-state index < -0.39 is 0 Å². The Bertz CT molecular complexity index is 444. The van der Waals surface area contributed by atoms with Crippen LogP contribution < -0.4 is 5.32 Å². The Kier molecular flexibility index (Phi) is 5.02. The molecule has 118 valence electrons. The largest absolute Gasteiger partial charge is 0.465 e. The maximum atomic E-state index is 5.89. The molecule has 0 unspecified atom stereocenters. The van der Waals surface area contributed by atoms with Crippen LogP contribution in [0, 0.1) is 12.8 Å². The molecule has 0 bridgehead atoms. The van der Waals surface area contributed by atoms with E-state index in [9.17, 15) is 0 Å². The monoisotopic (exact) mass is 290 g/mol. The molecule has 0 amide bonds. The fourth-order valence-corrected chi connectivity index (χ4v) is 3.53. The van der Waals surface area contributed by atoms with Gasteiger partial charge in [-0.3, -0.25) is 0 Å². The van der Waals surface area contributed by atoms with Crippen molar-refractivity contribution in [1.29, 1.82) is 0 Å². The summed E-state index contributed by atoms with van der Waals surface area (Å²) in [5, 5.41) is 3.53. The summed E-state index contributed by atoms with van der Waals surface area (Å²) in [6.45, 7) is 5.25. The number of furan rings is 1. The zero-order chi connectivity index (χ0) is 14.7. The van der Waals surface area contributed by atoms with Crippen molar-refractivity contribution in [2.24, 2.45) is 5.92 Å². The lowest BCUT2D eigenvalue weighted by Crippen LogP contribution is -2.26. The van der Waals surface area contributed by atoms with Gasteiger partial charge in [-0.05, 0) is 51.6 Å². The molecule has 3 rings (SSSR count). The van der Waals surface area contributed by atoms with Crippen molar-refractivity contribution in [3.8, 4) is 0 Å². The molecule has 2 saturated carbocycles. The van der Waals surface area contributed by atoms with Gasteiger partial charge < -0.3 is 14.6 Å². The second kappa shape index (κ2) is 6.97. The molecule has 21 heavy (non-hydrogen) atoms. The van der Waals surface area contributed by atoms with Gasteiger partial charge in [0.15, 0.2) is 0 Å². The van der Waals surface area contributed by atoms with Gasteiger partial charge in [-0.25, -0.2) is 0 Å². The highest BCUT2D eigenvalue weighted by Gasteiger charge is 2.21. The molecule has 0 aliphatic heterocycles. The first-order valence-electron chi connectivity index (χ1n) is 8.71. The average Bonchev–Trinajstić information content (AvgIpc) is 3.23. The highest BCUT2D eigenvalue weighted by Crippen LogP contribution is 2.25. The Balaban J connectivity index is 1.48. The number of nitrogens with one attached hydrogen (secondary N) is 1. The summed E-state index contributed by atoms with van der Waals surface area (Å²) < 4.78 is 5.89. The number of nitrogens with zero attached hydrogens (tertiary/aromatic N) is 1. The molecule has 2 aliphatic carbocycles. The minimum absolute atomic E-state index is 0.743. The van der Waals surface area contributed by atoms with Crippen LogP contribution in [0.1, 0.15) is 62.0 Å². The van der Waals surface area contributed by atoms with Crippen molar-refractivity contribution >= 4 is 0 Å². The van der Waals surface area contributed by atoms with Gasteiger partial charge in [-0.1, -0.05) is 19.3 Å². The summed E-state index contributed by atoms with van der Waals surface area (Å²) in [6, 6.07) is 3.00. The maximum absolute atomic E-state index is 5.89. The van der Waals surface area contributed by atoms with Gasteiger partial charge in [0.1, 0.15) is 11.5 Å². The molecule has 1 N–H and O–H groups in total. The van der Waals surface area contributed by atoms with Gasteiger partial charge in [-0.15, -0.1) is 0 Å². The Labute approximate surface area is 129 Å². The van der Waals surface area contributed by atoms with E-state index in [0.717, 1.165) is 36.6 Å². The summed E-state index contributed by atoms with van der Waals surface area (Å²) in [5.41, 5.74) is 1.36. The fraction of sp³-hybridized carbons (Fsp3) is 0.778. The van der Waals surface area contributed by atoms with Crippen LogP contribution in [0.15, 0.2) is 10.5 Å². The molecule has 3 heteroatoms. The number of hydrogen-bond acceptors (Lipinski definition) is 3. The average molecular weight is 290 g/mol. The lowest BCUT2D eigenvalue weighted by Gasteiger charge is -2.26. The van der Waals surface area contributed by atoms with E-state index in [0.29, 0.717) is 0 Å². The maximum Gasteiger partial charge on any atom is 0.118 e. The molecule has 3 nitrogen and oxygen atoms in total. The predicted molar refractivity (Wildman–Crippen MR) is 86.2 cm³/mol. The Morgan fingerprint density at radius 3 is 2.67 bits per heavy atom. The third-order valence-corrected chi connectivity index (χ3v) is 4.95. The molecule has 0 spiro atoms. The first-order chi connectivity index (χ1) is 10.2. The van der Waals surface area contributed by atoms with Crippen LogP contribution in [-0.4, -0.2) is 24.5 Å². The smallest absolute Gasteiger partial charge is 0.118 e. The second-order valence-electron chi connectivity index (χ2n) is 7.15. The molecule has 1 heterocycles. The lowest BCUT2D eigenvalue weighted by molar-refractivity contribution is 0.227. The van der Waals surface area contributed by atoms with E-state index in [1.807, 2.05) is 0 Å². The molecule has 2 aliphatic rings. The van der Waals surface area contributed by atoms with Crippen molar-refractivity contribution in [3.63, 3.8) is 0 Å². The van der Waals surface area contributed by atoms with Crippen LogP contribution in [0.25, 0.3) is 0 Å². The van der Waals surface area contributed by atoms with E-state index >= 15 is 0 Å². The van der Waals surface area contributed by atoms with Gasteiger partial charge in [0.05, 0.1) is 6.54 Å². The Morgan fingerprint density at radius 1 is 1.19 bits per heavy atom. The van der Waals surface area contributed by atoms with E-state index in [-0.39, 0.29) is 0 Å². The minimum atomic E-state index is 0.743. The third kappa shape index (κ3) is 4.58. The van der Waals surface area contributed by atoms with Gasteiger partial charge in [0.2, 0.25) is 0 Å². The van der Waals surface area contributed by atoms with Crippen LogP contribution in [0.3, 0.4) is 0 Å². The molecule has 1 aromatic rings. The minimum Gasteiger partial charge on any atom is -0.465 e. The highest BCUT2D eigenvalue weighted by atomic mass is 16.3. The number of rotatable bonds is 7. The topological polar surface area (TPSA) is 28.4 Å². The summed E-state index contributed by atoms with van der Waals surface area (Å²) in [6.07, 6.45) is 9.81. The summed E-state index contributed by atoms with van der Waals surface area (Å²) in [5.74, 6) is 3.10. The summed E-state index contributed by atoms with van der Waals surface area (Å²) in [4.78, 5) is 2.48. The highest BCUT2D eigenvalue weighted by molar-refractivity contribution is 5.20. The molecule has 0 aromatic carbocycles. The van der Waals surface area contributed by atoms with E-state index in [1.165, 1.54) is 57.1 Å². The third-order valence-electron chi connectivity index (χ3n) is 4.95. The van der Waals surface area contributed by atoms with Crippen LogP contribution in [-0.2, 0) is 13.1 Å². The van der Waals surface area contributed by atoms with Crippen molar-refractivity contribution < 1.29 is 4.42 Å². The van der Waals surface area contributed by atoms with E-state index in [4.69, 9.17) is 4.42 Å². The Morgan fingerprint density at radius 2 is 1.95 bits per heavy atom. The zero-order valence-electron chi connectivity index (χ0n) is 13.7. The van der Waals surface area contributed by atoms with Gasteiger partial charge in [0, 0.05) is 24.7 Å². The van der Waals surface area contributed by atoms with E-state index in [2.05, 4.69) is 30.3 Å². The first-order valence-corrected chi connectivity index (χ1v) is 8.71. The quantitative estimate of drug-likeness (QED) is 0.827. The number of hydrogen-bond donors (Lipinski definition) is 1. The number of aryl methyl sites for hydroxylation is 1.